The first kappa shape index (κ1) is 13.1. The first-order chi connectivity index (χ1) is 9.63. The number of fused-ring (bicyclic) bond motifs is 2. The van der Waals surface area contributed by atoms with E-state index in [1.807, 2.05) is 0 Å². The summed E-state index contributed by atoms with van der Waals surface area (Å²) in [6.07, 6.45) is 4.76. The smallest absolute Gasteiger partial charge is 0.269 e. The molecule has 0 aromatic heterocycles. The highest BCUT2D eigenvalue weighted by molar-refractivity contribution is 5.33. The lowest BCUT2D eigenvalue weighted by Crippen LogP contribution is -2.31. The summed E-state index contributed by atoms with van der Waals surface area (Å²) in [6, 6.07) is 9.06. The molecular formula is C15H16N2O3. The van der Waals surface area contributed by atoms with Crippen LogP contribution in [0.5, 0.6) is 0 Å². The van der Waals surface area contributed by atoms with Gasteiger partial charge < -0.3 is 4.74 Å². The van der Waals surface area contributed by atoms with Crippen LogP contribution in [0.1, 0.15) is 31.2 Å². The van der Waals surface area contributed by atoms with Crippen LogP contribution in [0.15, 0.2) is 24.3 Å². The van der Waals surface area contributed by atoms with Crippen LogP contribution in [-0.4, -0.2) is 17.1 Å². The molecule has 2 aliphatic heterocycles. The van der Waals surface area contributed by atoms with Crippen LogP contribution in [0.4, 0.5) is 5.69 Å². The van der Waals surface area contributed by atoms with E-state index in [1.54, 1.807) is 12.1 Å². The van der Waals surface area contributed by atoms with Crippen molar-refractivity contribution >= 4 is 5.69 Å². The Morgan fingerprint density at radius 3 is 2.65 bits per heavy atom. The molecule has 0 amide bonds. The fourth-order valence-electron chi connectivity index (χ4n) is 3.39. The van der Waals surface area contributed by atoms with E-state index in [0.717, 1.165) is 37.7 Å². The first-order valence-corrected chi connectivity index (χ1v) is 6.93. The van der Waals surface area contributed by atoms with Crippen molar-refractivity contribution in [3.8, 4) is 6.07 Å². The molecule has 0 aliphatic carbocycles. The Labute approximate surface area is 117 Å². The van der Waals surface area contributed by atoms with Crippen molar-refractivity contribution in [2.45, 2.75) is 44.3 Å². The second kappa shape index (κ2) is 4.88. The van der Waals surface area contributed by atoms with E-state index in [4.69, 9.17) is 4.74 Å². The van der Waals surface area contributed by atoms with Crippen molar-refractivity contribution in [2.24, 2.45) is 5.41 Å². The van der Waals surface area contributed by atoms with Crippen molar-refractivity contribution in [1.82, 2.24) is 0 Å². The second-order valence-corrected chi connectivity index (χ2v) is 5.72. The van der Waals surface area contributed by atoms with Crippen LogP contribution >= 0.6 is 0 Å². The molecule has 2 bridgehead atoms. The van der Waals surface area contributed by atoms with Crippen molar-refractivity contribution in [3.63, 3.8) is 0 Å². The summed E-state index contributed by atoms with van der Waals surface area (Å²) < 4.78 is 5.81. The predicted octanol–water partition coefficient (Wildman–Crippen LogP) is 2.99. The number of hydrogen-bond acceptors (Lipinski definition) is 4. The summed E-state index contributed by atoms with van der Waals surface area (Å²) in [4.78, 5) is 10.2. The van der Waals surface area contributed by atoms with Crippen LogP contribution in [0.2, 0.25) is 0 Å². The molecule has 3 rings (SSSR count). The number of nitro benzene ring substituents is 1. The Kier molecular flexibility index (Phi) is 3.19. The van der Waals surface area contributed by atoms with E-state index >= 15 is 0 Å². The minimum Gasteiger partial charge on any atom is -0.373 e. The van der Waals surface area contributed by atoms with E-state index in [2.05, 4.69) is 6.07 Å². The number of ether oxygens (including phenoxy) is 1. The van der Waals surface area contributed by atoms with Gasteiger partial charge >= 0.3 is 0 Å². The molecule has 104 valence electrons. The van der Waals surface area contributed by atoms with Gasteiger partial charge in [0.05, 0.1) is 28.6 Å². The van der Waals surface area contributed by atoms with Crippen molar-refractivity contribution in [3.05, 3.63) is 39.9 Å². The third kappa shape index (κ3) is 2.16. The Morgan fingerprint density at radius 1 is 1.40 bits per heavy atom. The maximum absolute atomic E-state index is 10.6. The minimum atomic E-state index is -0.398. The molecule has 0 saturated carbocycles. The van der Waals surface area contributed by atoms with Gasteiger partial charge in [-0.05, 0) is 37.7 Å². The molecular weight excluding hydrogens is 256 g/mol. The van der Waals surface area contributed by atoms with Crippen LogP contribution < -0.4 is 0 Å². The molecule has 2 heterocycles. The molecule has 0 spiro atoms. The van der Waals surface area contributed by atoms with E-state index in [1.165, 1.54) is 12.1 Å². The fourth-order valence-corrected chi connectivity index (χ4v) is 3.39. The van der Waals surface area contributed by atoms with Gasteiger partial charge in [-0.15, -0.1) is 0 Å². The topological polar surface area (TPSA) is 76.2 Å². The molecule has 3 atom stereocenters. The van der Waals surface area contributed by atoms with Gasteiger partial charge in [0.25, 0.3) is 5.69 Å². The van der Waals surface area contributed by atoms with Crippen LogP contribution in [0.25, 0.3) is 0 Å². The third-order valence-electron chi connectivity index (χ3n) is 4.55. The number of aryl methyl sites for hydroxylation is 1. The summed E-state index contributed by atoms with van der Waals surface area (Å²) in [5.74, 6) is 0. The zero-order chi connectivity index (χ0) is 14.2. The lowest BCUT2D eigenvalue weighted by molar-refractivity contribution is -0.384. The monoisotopic (exact) mass is 272 g/mol. The van der Waals surface area contributed by atoms with Crippen LogP contribution in [0, 0.1) is 26.9 Å². The van der Waals surface area contributed by atoms with E-state index in [9.17, 15) is 15.4 Å². The van der Waals surface area contributed by atoms with Crippen LogP contribution in [-0.2, 0) is 11.2 Å². The van der Waals surface area contributed by atoms with Gasteiger partial charge in [-0.2, -0.15) is 5.26 Å². The summed E-state index contributed by atoms with van der Waals surface area (Å²) in [5.41, 5.74) is 0.782. The van der Waals surface area contributed by atoms with E-state index < -0.39 is 4.92 Å². The zero-order valence-electron chi connectivity index (χ0n) is 11.1. The molecule has 1 aromatic carbocycles. The Hall–Kier alpha value is -1.93. The van der Waals surface area contributed by atoms with E-state index in [-0.39, 0.29) is 23.3 Å². The highest BCUT2D eigenvalue weighted by atomic mass is 16.6. The highest BCUT2D eigenvalue weighted by Gasteiger charge is 2.52. The van der Waals surface area contributed by atoms with Gasteiger partial charge in [-0.25, -0.2) is 0 Å². The fraction of sp³-hybridized carbons (Fsp3) is 0.533. The maximum atomic E-state index is 10.6. The molecule has 0 N–H and O–H groups in total. The number of non-ortho nitro benzene ring substituents is 1. The molecule has 0 radical (unpaired) electrons. The minimum absolute atomic E-state index is 0.0792. The summed E-state index contributed by atoms with van der Waals surface area (Å²) in [7, 11) is 0. The number of nitro groups is 1. The van der Waals surface area contributed by atoms with Crippen molar-refractivity contribution in [2.75, 3.05) is 0 Å². The van der Waals surface area contributed by atoms with Gasteiger partial charge in [-0.3, -0.25) is 10.1 Å². The average molecular weight is 272 g/mol. The molecule has 3 unspecified atom stereocenters. The van der Waals surface area contributed by atoms with E-state index in [0.29, 0.717) is 0 Å². The third-order valence-corrected chi connectivity index (χ3v) is 4.55. The predicted molar refractivity (Wildman–Crippen MR) is 72.0 cm³/mol. The van der Waals surface area contributed by atoms with Gasteiger partial charge in [0.15, 0.2) is 0 Å². The molecule has 2 saturated heterocycles. The first-order valence-electron chi connectivity index (χ1n) is 6.93. The quantitative estimate of drug-likeness (QED) is 0.623. The number of hydrogen-bond donors (Lipinski definition) is 0. The maximum Gasteiger partial charge on any atom is 0.269 e. The van der Waals surface area contributed by atoms with Gasteiger partial charge in [0.2, 0.25) is 0 Å². The van der Waals surface area contributed by atoms with Crippen molar-refractivity contribution in [1.29, 1.82) is 5.26 Å². The van der Waals surface area contributed by atoms with Gasteiger partial charge in [0.1, 0.15) is 0 Å². The molecule has 2 aliphatic rings. The summed E-state index contributed by atoms with van der Waals surface area (Å²) in [5, 5.41) is 20.1. The Balaban J connectivity index is 1.67. The standard InChI is InChI=1S/C15H16N2O3/c16-10-15(9-13-5-6-14(15)20-13)8-7-11-1-3-12(4-2-11)17(18)19/h1-4,13-14H,5-9H2. The highest BCUT2D eigenvalue weighted by Crippen LogP contribution is 2.49. The number of benzene rings is 1. The number of nitriles is 1. The molecule has 5 heteroatoms. The van der Waals surface area contributed by atoms with Crippen molar-refractivity contribution < 1.29 is 9.66 Å². The lowest BCUT2D eigenvalue weighted by Gasteiger charge is -2.28. The van der Waals surface area contributed by atoms with Gasteiger partial charge in [-0.1, -0.05) is 12.1 Å². The van der Waals surface area contributed by atoms with Crippen LogP contribution in [0.3, 0.4) is 0 Å². The zero-order valence-corrected chi connectivity index (χ0v) is 11.1. The molecule has 2 fully saturated rings. The Bertz CT molecular complexity index is 563. The average Bonchev–Trinajstić information content (AvgIpc) is 3.06. The normalized spacial score (nSPS) is 31.1. The molecule has 5 nitrogen and oxygen atoms in total. The molecule has 1 aromatic rings. The second-order valence-electron chi connectivity index (χ2n) is 5.72. The lowest BCUT2D eigenvalue weighted by atomic mass is 9.71. The molecule has 20 heavy (non-hydrogen) atoms. The summed E-state index contributed by atoms with van der Waals surface area (Å²) >= 11 is 0. The largest absolute Gasteiger partial charge is 0.373 e. The SMILES string of the molecule is N#CC1(CCc2ccc([N+](=O)[O-])cc2)CC2CCC1O2. The number of rotatable bonds is 4. The van der Waals surface area contributed by atoms with Gasteiger partial charge in [0, 0.05) is 12.1 Å². The number of nitrogens with zero attached hydrogens (tertiary/aromatic N) is 2. The Morgan fingerprint density at radius 2 is 2.15 bits per heavy atom. The summed E-state index contributed by atoms with van der Waals surface area (Å²) in [6.45, 7) is 0.